The van der Waals surface area contributed by atoms with Crippen molar-refractivity contribution in [1.82, 2.24) is 9.97 Å². The van der Waals surface area contributed by atoms with Gasteiger partial charge in [-0.1, -0.05) is 0 Å². The van der Waals surface area contributed by atoms with Crippen molar-refractivity contribution in [2.75, 3.05) is 6.26 Å². The maximum atomic E-state index is 11.3. The molecule has 92 valence electrons. The molecule has 0 aliphatic heterocycles. The molecule has 0 aromatic carbocycles. The Morgan fingerprint density at radius 3 is 2.82 bits per heavy atom. The average molecular weight is 256 g/mol. The molecule has 0 spiro atoms. The molecule has 1 heterocycles. The van der Waals surface area contributed by atoms with E-state index in [0.29, 0.717) is 25.0 Å². The molecule has 1 N–H and O–H groups in total. The Labute approximate surface area is 98.6 Å². The molecule has 0 saturated carbocycles. The molecule has 0 unspecified atom stereocenters. The van der Waals surface area contributed by atoms with Crippen molar-refractivity contribution in [3.8, 4) is 0 Å². The minimum absolute atomic E-state index is 0.190. The van der Waals surface area contributed by atoms with E-state index in [1.54, 1.807) is 0 Å². The van der Waals surface area contributed by atoms with Crippen LogP contribution in [0.15, 0.2) is 11.4 Å². The number of carboxylic acid groups (broad SMARTS) is 1. The quantitative estimate of drug-likeness (QED) is 0.752. The number of carbonyl (C=O) groups is 1. The van der Waals surface area contributed by atoms with E-state index in [0.717, 1.165) is 11.8 Å². The normalized spacial score (nSPS) is 19.7. The first kappa shape index (κ1) is 12.0. The lowest BCUT2D eigenvalue weighted by Gasteiger charge is -2.20. The Morgan fingerprint density at radius 2 is 2.24 bits per heavy atom. The molecule has 7 heteroatoms. The molecule has 0 saturated heterocycles. The maximum absolute atomic E-state index is 11.3. The summed E-state index contributed by atoms with van der Waals surface area (Å²) in [5, 5.41) is 8.72. The second-order valence-electron chi connectivity index (χ2n) is 4.17. The first-order valence-corrected chi connectivity index (χ1v) is 7.04. The number of aryl methyl sites for hydroxylation is 1. The van der Waals surface area contributed by atoms with E-state index in [1.165, 1.54) is 6.20 Å². The Balaban J connectivity index is 2.35. The van der Waals surface area contributed by atoms with Crippen LogP contribution >= 0.6 is 0 Å². The minimum Gasteiger partial charge on any atom is -0.481 e. The van der Waals surface area contributed by atoms with Gasteiger partial charge in [-0.3, -0.25) is 4.79 Å². The van der Waals surface area contributed by atoms with Crippen LogP contribution in [-0.4, -0.2) is 35.7 Å². The van der Waals surface area contributed by atoms with Crippen molar-refractivity contribution >= 4 is 15.8 Å². The summed E-state index contributed by atoms with van der Waals surface area (Å²) in [5.74, 6) is -1.25. The molecule has 1 aromatic heterocycles. The summed E-state index contributed by atoms with van der Waals surface area (Å²) in [6, 6.07) is 0. The van der Waals surface area contributed by atoms with Gasteiger partial charge in [-0.2, -0.15) is 0 Å². The van der Waals surface area contributed by atoms with E-state index in [4.69, 9.17) is 5.11 Å². The lowest BCUT2D eigenvalue weighted by Crippen LogP contribution is -2.24. The molecule has 1 aromatic rings. The lowest BCUT2D eigenvalue weighted by molar-refractivity contribution is -0.142. The lowest BCUT2D eigenvalue weighted by atomic mass is 9.87. The van der Waals surface area contributed by atoms with Crippen molar-refractivity contribution in [3.05, 3.63) is 17.5 Å². The van der Waals surface area contributed by atoms with Crippen molar-refractivity contribution in [2.24, 2.45) is 5.92 Å². The van der Waals surface area contributed by atoms with E-state index in [-0.39, 0.29) is 5.16 Å². The summed E-state index contributed by atoms with van der Waals surface area (Å²) in [6.45, 7) is 0. The summed E-state index contributed by atoms with van der Waals surface area (Å²) in [4.78, 5) is 18.6. The molecule has 0 amide bonds. The monoisotopic (exact) mass is 256 g/mol. The first-order valence-electron chi connectivity index (χ1n) is 5.15. The summed E-state index contributed by atoms with van der Waals surface area (Å²) < 4.78 is 22.5. The van der Waals surface area contributed by atoms with Crippen LogP contribution in [0.2, 0.25) is 0 Å². The standard InChI is InChI=1S/C10H12N2O4S/c1-17(15,16)10-11-5-7-4-6(9(13)14)2-3-8(7)12-10/h5-6H,2-4H2,1H3,(H,13,14)/t6-/m0/s1. The Bertz CT molecular complexity index is 568. The van der Waals surface area contributed by atoms with Gasteiger partial charge in [-0.15, -0.1) is 0 Å². The van der Waals surface area contributed by atoms with Crippen LogP contribution in [0, 0.1) is 5.92 Å². The number of aromatic nitrogens is 2. The molecule has 1 aliphatic carbocycles. The topological polar surface area (TPSA) is 97.2 Å². The average Bonchev–Trinajstić information content (AvgIpc) is 2.26. The van der Waals surface area contributed by atoms with Crippen LogP contribution in [0.3, 0.4) is 0 Å². The number of hydrogen-bond acceptors (Lipinski definition) is 5. The van der Waals surface area contributed by atoms with E-state index in [1.807, 2.05) is 0 Å². The molecule has 6 nitrogen and oxygen atoms in total. The number of hydrogen-bond donors (Lipinski definition) is 1. The Morgan fingerprint density at radius 1 is 1.53 bits per heavy atom. The zero-order chi connectivity index (χ0) is 12.6. The molecule has 0 radical (unpaired) electrons. The number of sulfone groups is 1. The summed E-state index contributed by atoms with van der Waals surface area (Å²) >= 11 is 0. The van der Waals surface area contributed by atoms with Gasteiger partial charge in [0.2, 0.25) is 15.0 Å². The van der Waals surface area contributed by atoms with Gasteiger partial charge in [0.1, 0.15) is 0 Å². The predicted molar refractivity (Wildman–Crippen MR) is 58.3 cm³/mol. The Hall–Kier alpha value is -1.50. The van der Waals surface area contributed by atoms with Crippen LogP contribution < -0.4 is 0 Å². The third kappa shape index (κ3) is 2.44. The number of rotatable bonds is 2. The fourth-order valence-electron chi connectivity index (χ4n) is 1.88. The second-order valence-corrected chi connectivity index (χ2v) is 6.08. The second kappa shape index (κ2) is 4.06. The highest BCUT2D eigenvalue weighted by molar-refractivity contribution is 7.90. The van der Waals surface area contributed by atoms with Crippen molar-refractivity contribution in [1.29, 1.82) is 0 Å². The van der Waals surface area contributed by atoms with Crippen molar-refractivity contribution in [3.63, 3.8) is 0 Å². The van der Waals surface area contributed by atoms with E-state index >= 15 is 0 Å². The van der Waals surface area contributed by atoms with E-state index in [2.05, 4.69) is 9.97 Å². The van der Waals surface area contributed by atoms with E-state index in [9.17, 15) is 13.2 Å². The fourth-order valence-corrected chi connectivity index (χ4v) is 2.40. The van der Waals surface area contributed by atoms with Gasteiger partial charge >= 0.3 is 5.97 Å². The number of carboxylic acids is 1. The van der Waals surface area contributed by atoms with E-state index < -0.39 is 21.7 Å². The molecule has 0 fully saturated rings. The van der Waals surface area contributed by atoms with Crippen LogP contribution in [-0.2, 0) is 27.5 Å². The van der Waals surface area contributed by atoms with Gasteiger partial charge in [0, 0.05) is 18.1 Å². The summed E-state index contributed by atoms with van der Waals surface area (Å²) in [5.41, 5.74) is 1.38. The van der Waals surface area contributed by atoms with Crippen molar-refractivity contribution < 1.29 is 18.3 Å². The van der Waals surface area contributed by atoms with Gasteiger partial charge in [0.25, 0.3) is 0 Å². The minimum atomic E-state index is -3.40. The zero-order valence-electron chi connectivity index (χ0n) is 9.25. The highest BCUT2D eigenvalue weighted by atomic mass is 32.2. The van der Waals surface area contributed by atoms with Gasteiger partial charge in [0.05, 0.1) is 5.92 Å². The highest BCUT2D eigenvalue weighted by Gasteiger charge is 2.26. The molecule has 17 heavy (non-hydrogen) atoms. The molecule has 2 rings (SSSR count). The number of aliphatic carboxylic acids is 1. The largest absolute Gasteiger partial charge is 0.481 e. The van der Waals surface area contributed by atoms with Crippen LogP contribution in [0.25, 0.3) is 0 Å². The molecular formula is C10H12N2O4S. The maximum Gasteiger partial charge on any atom is 0.306 e. The van der Waals surface area contributed by atoms with Gasteiger partial charge in [-0.25, -0.2) is 18.4 Å². The molecular weight excluding hydrogens is 244 g/mol. The number of fused-ring (bicyclic) bond motifs is 1. The molecule has 1 aliphatic rings. The third-order valence-corrected chi connectivity index (χ3v) is 3.67. The predicted octanol–water partition coefficient (Wildman–Crippen LogP) is 0.0696. The third-order valence-electron chi connectivity index (χ3n) is 2.81. The van der Waals surface area contributed by atoms with Gasteiger partial charge < -0.3 is 5.11 Å². The summed E-state index contributed by atoms with van der Waals surface area (Å²) in [6.07, 6.45) is 3.82. The molecule has 1 atom stereocenters. The number of nitrogens with zero attached hydrogens (tertiary/aromatic N) is 2. The fraction of sp³-hybridized carbons (Fsp3) is 0.500. The zero-order valence-corrected chi connectivity index (χ0v) is 10.1. The molecule has 0 bridgehead atoms. The Kier molecular flexibility index (Phi) is 2.86. The van der Waals surface area contributed by atoms with Crippen LogP contribution in [0.5, 0.6) is 0 Å². The highest BCUT2D eigenvalue weighted by Crippen LogP contribution is 2.24. The van der Waals surface area contributed by atoms with Gasteiger partial charge in [0.15, 0.2) is 0 Å². The smallest absolute Gasteiger partial charge is 0.306 e. The summed E-state index contributed by atoms with van der Waals surface area (Å²) in [7, 11) is -3.40. The first-order chi connectivity index (χ1) is 7.88. The van der Waals surface area contributed by atoms with Crippen LogP contribution in [0.1, 0.15) is 17.7 Å². The van der Waals surface area contributed by atoms with Crippen molar-refractivity contribution in [2.45, 2.75) is 24.4 Å². The van der Waals surface area contributed by atoms with Crippen LogP contribution in [0.4, 0.5) is 0 Å². The SMILES string of the molecule is CS(=O)(=O)c1ncc2c(n1)CC[C@H](C(=O)O)C2. The van der Waals surface area contributed by atoms with Gasteiger partial charge in [-0.05, 0) is 24.8 Å².